The van der Waals surface area contributed by atoms with Crippen LogP contribution in [0.15, 0.2) is 59.8 Å². The lowest BCUT2D eigenvalue weighted by Crippen LogP contribution is -2.18. The quantitative estimate of drug-likeness (QED) is 0.453. The van der Waals surface area contributed by atoms with Gasteiger partial charge in [0, 0.05) is 17.1 Å². The Morgan fingerprint density at radius 2 is 2.18 bits per heavy atom. The lowest BCUT2D eigenvalue weighted by Gasteiger charge is -2.02. The molecule has 3 heterocycles. The van der Waals surface area contributed by atoms with Crippen molar-refractivity contribution in [3.63, 3.8) is 0 Å². The molecule has 1 N–H and O–H groups in total. The first kappa shape index (κ1) is 13.9. The van der Waals surface area contributed by atoms with Crippen molar-refractivity contribution >= 4 is 37.4 Å². The second-order valence-corrected chi connectivity index (χ2v) is 9.30. The van der Waals surface area contributed by atoms with Crippen LogP contribution >= 0.6 is 10.8 Å². The summed E-state index contributed by atoms with van der Waals surface area (Å²) in [4.78, 5) is 21.4. The Balaban J connectivity index is 1.54. The molecule has 0 saturated carbocycles. The Labute approximate surface area is 135 Å². The molecule has 1 saturated heterocycles. The highest BCUT2D eigenvalue weighted by Gasteiger charge is 2.41. The van der Waals surface area contributed by atoms with Gasteiger partial charge in [0.2, 0.25) is 0 Å². The molecular weight excluding hydrogens is 312 g/mol. The van der Waals surface area contributed by atoms with E-state index in [2.05, 4.69) is 16.0 Å². The third-order valence-electron chi connectivity index (χ3n) is 3.83. The number of hydrogen-bond donors (Lipinski definition) is 1. The number of Topliss-reactive ketones (excluding diaryl/α,β-unsaturated/α-hetero) is 1. The average molecular weight is 327 g/mol. The Kier molecular flexibility index (Phi) is 3.68. The molecule has 3 nitrogen and oxygen atoms in total. The standard InChI is InChI=1S/C17H14N2OS2/c20-17(16-8-12-4-1-2-6-15(12)19-16)13-10-21-22(11-13)14-5-3-7-18-9-14/h1-9,13H,10-11H2/p+1. The van der Waals surface area contributed by atoms with Gasteiger partial charge in [-0.2, -0.15) is 0 Å². The number of nitrogens with one attached hydrogen (secondary N) is 1. The maximum atomic E-state index is 12.7. The first-order valence-electron chi connectivity index (χ1n) is 7.17. The topological polar surface area (TPSA) is 45.8 Å². The largest absolute Gasteiger partial charge is 0.352 e. The van der Waals surface area contributed by atoms with Crippen molar-refractivity contribution in [2.24, 2.45) is 5.92 Å². The molecule has 0 amide bonds. The van der Waals surface area contributed by atoms with E-state index in [1.807, 2.05) is 53.4 Å². The van der Waals surface area contributed by atoms with E-state index >= 15 is 0 Å². The highest BCUT2D eigenvalue weighted by Crippen LogP contribution is 2.37. The van der Waals surface area contributed by atoms with Crippen LogP contribution in [-0.4, -0.2) is 27.3 Å². The maximum Gasteiger partial charge on any atom is 0.187 e. The summed E-state index contributed by atoms with van der Waals surface area (Å²) in [5, 5.41) is 1.10. The molecule has 22 heavy (non-hydrogen) atoms. The minimum absolute atomic E-state index is 0.0866. The minimum Gasteiger partial charge on any atom is -0.352 e. The van der Waals surface area contributed by atoms with Gasteiger partial charge < -0.3 is 4.98 Å². The molecule has 3 aromatic rings. The van der Waals surface area contributed by atoms with E-state index in [9.17, 15) is 4.79 Å². The van der Waals surface area contributed by atoms with Crippen molar-refractivity contribution in [3.8, 4) is 0 Å². The van der Waals surface area contributed by atoms with Gasteiger partial charge in [-0.15, -0.1) is 0 Å². The summed E-state index contributed by atoms with van der Waals surface area (Å²) >= 11 is 0. The first-order valence-corrected chi connectivity index (χ1v) is 10.1. The van der Waals surface area contributed by atoms with Crippen molar-refractivity contribution in [2.45, 2.75) is 4.90 Å². The number of benzene rings is 1. The molecule has 1 fully saturated rings. The zero-order valence-electron chi connectivity index (χ0n) is 11.9. The van der Waals surface area contributed by atoms with Crippen molar-refractivity contribution < 1.29 is 4.79 Å². The molecule has 2 atom stereocenters. The summed E-state index contributed by atoms with van der Waals surface area (Å²) < 4.78 is 0. The average Bonchev–Trinajstić information content (AvgIpc) is 3.22. The van der Waals surface area contributed by atoms with Crippen LogP contribution in [0.1, 0.15) is 10.5 Å². The van der Waals surface area contributed by atoms with E-state index < -0.39 is 0 Å². The van der Waals surface area contributed by atoms with Crippen LogP contribution in [0, 0.1) is 5.92 Å². The number of carbonyl (C=O) groups excluding carboxylic acids is 1. The van der Waals surface area contributed by atoms with Crippen LogP contribution in [0.4, 0.5) is 0 Å². The van der Waals surface area contributed by atoms with Gasteiger partial charge in [0.15, 0.2) is 10.7 Å². The van der Waals surface area contributed by atoms with Crippen LogP contribution in [0.5, 0.6) is 0 Å². The molecule has 1 aromatic carbocycles. The number of ketones is 1. The molecule has 0 aliphatic carbocycles. The fourth-order valence-corrected chi connectivity index (χ4v) is 7.35. The predicted molar refractivity (Wildman–Crippen MR) is 93.3 cm³/mol. The van der Waals surface area contributed by atoms with Gasteiger partial charge >= 0.3 is 0 Å². The summed E-state index contributed by atoms with van der Waals surface area (Å²) in [6.07, 6.45) is 3.71. The lowest BCUT2D eigenvalue weighted by molar-refractivity contribution is 0.0941. The molecule has 4 rings (SSSR count). The third kappa shape index (κ3) is 2.55. The SMILES string of the molecule is O=C(c1cc2ccccc2[nH]1)C1CS[S+](c2cccnc2)C1. The molecule has 110 valence electrons. The number of aromatic amines is 1. The molecule has 0 bridgehead atoms. The summed E-state index contributed by atoms with van der Waals surface area (Å²) in [7, 11) is 1.97. The second-order valence-electron chi connectivity index (χ2n) is 5.32. The number of fused-ring (bicyclic) bond motifs is 1. The van der Waals surface area contributed by atoms with E-state index in [1.165, 1.54) is 4.90 Å². The Morgan fingerprint density at radius 1 is 1.27 bits per heavy atom. The highest BCUT2D eigenvalue weighted by molar-refractivity contribution is 8.74. The fraction of sp³-hybridized carbons (Fsp3) is 0.176. The first-order chi connectivity index (χ1) is 10.8. The second kappa shape index (κ2) is 5.82. The lowest BCUT2D eigenvalue weighted by atomic mass is 10.1. The van der Waals surface area contributed by atoms with Gasteiger partial charge in [0.05, 0.1) is 44.3 Å². The van der Waals surface area contributed by atoms with E-state index in [0.29, 0.717) is 0 Å². The molecule has 0 radical (unpaired) electrons. The zero-order valence-corrected chi connectivity index (χ0v) is 13.5. The molecule has 2 aromatic heterocycles. The summed E-state index contributed by atoms with van der Waals surface area (Å²) in [6.45, 7) is 0. The normalized spacial score (nSPS) is 21.3. The summed E-state index contributed by atoms with van der Waals surface area (Å²) in [5.74, 6) is 2.15. The van der Waals surface area contributed by atoms with E-state index in [0.717, 1.165) is 28.1 Å². The molecule has 5 heteroatoms. The van der Waals surface area contributed by atoms with Gasteiger partial charge in [-0.25, -0.2) is 0 Å². The summed E-state index contributed by atoms with van der Waals surface area (Å²) in [6, 6.07) is 14.1. The van der Waals surface area contributed by atoms with Crippen LogP contribution in [0.3, 0.4) is 0 Å². The monoisotopic (exact) mass is 327 g/mol. The van der Waals surface area contributed by atoms with Crippen LogP contribution in [0.2, 0.25) is 0 Å². The van der Waals surface area contributed by atoms with E-state index in [1.54, 1.807) is 6.20 Å². The minimum atomic E-state index is 0.0866. The number of nitrogens with zero attached hydrogens (tertiary/aromatic N) is 1. The smallest absolute Gasteiger partial charge is 0.187 e. The van der Waals surface area contributed by atoms with Crippen molar-refractivity contribution in [1.82, 2.24) is 9.97 Å². The van der Waals surface area contributed by atoms with Gasteiger partial charge in [-0.1, -0.05) is 18.2 Å². The van der Waals surface area contributed by atoms with Crippen molar-refractivity contribution in [1.29, 1.82) is 0 Å². The molecule has 1 aliphatic rings. The molecular formula is C17H15N2OS2+. The molecule has 2 unspecified atom stereocenters. The van der Waals surface area contributed by atoms with Gasteiger partial charge in [0.1, 0.15) is 5.75 Å². The third-order valence-corrected chi connectivity index (χ3v) is 8.37. The number of aromatic nitrogens is 2. The van der Waals surface area contributed by atoms with Crippen LogP contribution in [-0.2, 0) is 9.93 Å². The Morgan fingerprint density at radius 3 is 3.00 bits per heavy atom. The Hall–Kier alpha value is -1.72. The zero-order chi connectivity index (χ0) is 14.9. The molecule has 0 spiro atoms. The highest BCUT2D eigenvalue weighted by atomic mass is 33.1. The number of pyridine rings is 1. The van der Waals surface area contributed by atoms with Gasteiger partial charge in [0.25, 0.3) is 0 Å². The Bertz CT molecular complexity index is 783. The maximum absolute atomic E-state index is 12.7. The number of rotatable bonds is 3. The van der Waals surface area contributed by atoms with Gasteiger partial charge in [-0.05, 0) is 24.3 Å². The fourth-order valence-electron chi connectivity index (χ4n) is 2.67. The van der Waals surface area contributed by atoms with Crippen LogP contribution in [0.25, 0.3) is 10.9 Å². The van der Waals surface area contributed by atoms with Crippen molar-refractivity contribution in [2.75, 3.05) is 11.5 Å². The number of carbonyl (C=O) groups is 1. The van der Waals surface area contributed by atoms with Crippen LogP contribution < -0.4 is 0 Å². The predicted octanol–water partition coefficient (Wildman–Crippen LogP) is 3.70. The van der Waals surface area contributed by atoms with Crippen molar-refractivity contribution in [3.05, 3.63) is 60.6 Å². The number of para-hydroxylation sites is 1. The number of H-pyrrole nitrogens is 1. The molecule has 1 aliphatic heterocycles. The summed E-state index contributed by atoms with van der Waals surface area (Å²) in [5.41, 5.74) is 1.77. The number of hydrogen-bond acceptors (Lipinski definition) is 3. The van der Waals surface area contributed by atoms with Gasteiger partial charge in [-0.3, -0.25) is 9.78 Å². The van der Waals surface area contributed by atoms with E-state index in [4.69, 9.17) is 0 Å². The van der Waals surface area contributed by atoms with E-state index in [-0.39, 0.29) is 21.6 Å².